The van der Waals surface area contributed by atoms with E-state index in [1.807, 2.05) is 13.8 Å². The van der Waals surface area contributed by atoms with Crippen molar-refractivity contribution in [1.29, 1.82) is 0 Å². The maximum absolute atomic E-state index is 11.7. The van der Waals surface area contributed by atoms with Crippen LogP contribution in [0.2, 0.25) is 0 Å². The second-order valence-corrected chi connectivity index (χ2v) is 4.87. The summed E-state index contributed by atoms with van der Waals surface area (Å²) in [5.41, 5.74) is 2.60. The predicted molar refractivity (Wildman–Crippen MR) is 65.0 cm³/mol. The first-order valence-corrected chi connectivity index (χ1v) is 6.03. The van der Waals surface area contributed by atoms with Gasteiger partial charge in [-0.15, -0.1) is 0 Å². The van der Waals surface area contributed by atoms with Gasteiger partial charge in [0.05, 0.1) is 6.04 Å². The summed E-state index contributed by atoms with van der Waals surface area (Å²) in [6.07, 6.45) is 0.944. The summed E-state index contributed by atoms with van der Waals surface area (Å²) in [7, 11) is 0. The van der Waals surface area contributed by atoms with Crippen molar-refractivity contribution in [3.8, 4) is 0 Å². The van der Waals surface area contributed by atoms with E-state index in [0.29, 0.717) is 32.5 Å². The molecular weight excluding hydrogens is 244 g/mol. The van der Waals surface area contributed by atoms with Crippen molar-refractivity contribution in [2.75, 3.05) is 19.6 Å². The molecule has 1 rings (SSSR count). The van der Waals surface area contributed by atoms with Crippen LogP contribution < -0.4 is 10.7 Å². The van der Waals surface area contributed by atoms with E-state index in [0.717, 1.165) is 0 Å². The van der Waals surface area contributed by atoms with Gasteiger partial charge in [0.25, 0.3) is 0 Å². The fourth-order valence-electron chi connectivity index (χ4n) is 1.82. The second kappa shape index (κ2) is 6.78. The van der Waals surface area contributed by atoms with Gasteiger partial charge in [0, 0.05) is 32.1 Å². The van der Waals surface area contributed by atoms with E-state index in [4.69, 9.17) is 11.8 Å². The molecule has 0 aromatic carbocycles. The summed E-state index contributed by atoms with van der Waals surface area (Å²) in [6, 6.07) is 0.0240. The average Bonchev–Trinajstić information content (AvgIpc) is 2.21. The first-order valence-electron chi connectivity index (χ1n) is 5.69. The summed E-state index contributed by atoms with van der Waals surface area (Å²) in [5, 5.41) is 4.58. The Hall–Kier alpha value is -0.850. The lowest BCUT2D eigenvalue weighted by atomic mass is 10.1. The fourth-order valence-corrected chi connectivity index (χ4v) is 2.06. The van der Waals surface area contributed by atoms with E-state index in [-0.39, 0.29) is 18.0 Å². The Kier molecular flexibility index (Phi) is 5.67. The first-order chi connectivity index (χ1) is 8.02. The molecule has 1 aliphatic rings. The number of halogens is 1. The molecule has 0 spiro atoms. The quantitative estimate of drug-likeness (QED) is 0.528. The summed E-state index contributed by atoms with van der Waals surface area (Å²) in [6.45, 7) is 5.64. The molecule has 17 heavy (non-hydrogen) atoms. The highest BCUT2D eigenvalue weighted by Gasteiger charge is 2.28. The van der Waals surface area contributed by atoms with Crippen LogP contribution >= 0.6 is 11.8 Å². The smallest absolute Gasteiger partial charge is 0.221 e. The van der Waals surface area contributed by atoms with Crippen molar-refractivity contribution in [3.05, 3.63) is 0 Å². The SMILES string of the molecule is CC(C)NC(=O)CC1CN(Cl)CCN1NC=O. The van der Waals surface area contributed by atoms with Crippen LogP contribution in [-0.2, 0) is 9.59 Å². The van der Waals surface area contributed by atoms with E-state index in [9.17, 15) is 9.59 Å². The molecule has 0 saturated carbocycles. The van der Waals surface area contributed by atoms with Crippen LogP contribution in [0.4, 0.5) is 0 Å². The number of nitrogens with zero attached hydrogens (tertiary/aromatic N) is 2. The Balaban J connectivity index is 2.50. The molecule has 6 nitrogen and oxygen atoms in total. The fraction of sp³-hybridized carbons (Fsp3) is 0.800. The number of nitrogens with one attached hydrogen (secondary N) is 2. The molecule has 0 aromatic heterocycles. The third kappa shape index (κ3) is 4.89. The Morgan fingerprint density at radius 2 is 2.24 bits per heavy atom. The molecular formula is C10H19ClN4O2. The third-order valence-corrected chi connectivity index (χ3v) is 2.83. The molecule has 0 bridgehead atoms. The molecule has 0 aliphatic carbocycles. The maximum Gasteiger partial charge on any atom is 0.221 e. The monoisotopic (exact) mass is 262 g/mol. The van der Waals surface area contributed by atoms with Crippen LogP contribution in [0.1, 0.15) is 20.3 Å². The lowest BCUT2D eigenvalue weighted by Crippen LogP contribution is -2.57. The molecule has 2 amide bonds. The van der Waals surface area contributed by atoms with E-state index in [1.165, 1.54) is 0 Å². The topological polar surface area (TPSA) is 64.7 Å². The average molecular weight is 263 g/mol. The number of amides is 2. The van der Waals surface area contributed by atoms with E-state index in [2.05, 4.69) is 10.7 Å². The molecule has 1 fully saturated rings. The van der Waals surface area contributed by atoms with Gasteiger partial charge < -0.3 is 5.32 Å². The molecule has 0 radical (unpaired) electrons. The first kappa shape index (κ1) is 14.2. The van der Waals surface area contributed by atoms with Crippen molar-refractivity contribution in [3.63, 3.8) is 0 Å². The zero-order chi connectivity index (χ0) is 12.8. The van der Waals surface area contributed by atoms with Crippen LogP contribution in [0, 0.1) is 0 Å². The van der Waals surface area contributed by atoms with Crippen LogP contribution in [0.25, 0.3) is 0 Å². The van der Waals surface area contributed by atoms with Gasteiger partial charge in [-0.1, -0.05) is 0 Å². The Morgan fingerprint density at radius 1 is 1.53 bits per heavy atom. The van der Waals surface area contributed by atoms with Crippen LogP contribution in [0.3, 0.4) is 0 Å². The molecule has 1 saturated heterocycles. The highest BCUT2D eigenvalue weighted by atomic mass is 35.5. The molecule has 7 heteroatoms. The minimum Gasteiger partial charge on any atom is -0.354 e. The molecule has 98 valence electrons. The lowest BCUT2D eigenvalue weighted by molar-refractivity contribution is -0.125. The summed E-state index contributed by atoms with van der Waals surface area (Å²) < 4.78 is 1.64. The summed E-state index contributed by atoms with van der Waals surface area (Å²) >= 11 is 5.92. The van der Waals surface area contributed by atoms with E-state index in [1.54, 1.807) is 9.43 Å². The van der Waals surface area contributed by atoms with Crippen molar-refractivity contribution in [2.24, 2.45) is 0 Å². The standard InChI is InChI=1S/C10H19ClN4O2/c1-8(2)13-10(17)5-9-6-14(11)3-4-15(9)12-7-16/h7-9H,3-6H2,1-2H3,(H,12,16)(H,13,17). The normalized spacial score (nSPS) is 22.5. The molecule has 2 N–H and O–H groups in total. The van der Waals surface area contributed by atoms with Gasteiger partial charge in [0.1, 0.15) is 0 Å². The Morgan fingerprint density at radius 3 is 2.82 bits per heavy atom. The van der Waals surface area contributed by atoms with Gasteiger partial charge in [-0.05, 0) is 25.6 Å². The van der Waals surface area contributed by atoms with Crippen molar-refractivity contribution in [1.82, 2.24) is 20.2 Å². The summed E-state index contributed by atoms with van der Waals surface area (Å²) in [5.74, 6) is -0.0327. The van der Waals surface area contributed by atoms with Gasteiger partial charge in [0.15, 0.2) is 0 Å². The van der Waals surface area contributed by atoms with Crippen molar-refractivity contribution in [2.45, 2.75) is 32.4 Å². The van der Waals surface area contributed by atoms with E-state index >= 15 is 0 Å². The number of carbonyl (C=O) groups is 2. The van der Waals surface area contributed by atoms with Gasteiger partial charge in [0.2, 0.25) is 12.3 Å². The minimum absolute atomic E-state index is 0.0327. The van der Waals surface area contributed by atoms with Gasteiger partial charge in [-0.3, -0.25) is 15.0 Å². The Bertz CT molecular complexity index is 275. The zero-order valence-corrected chi connectivity index (χ0v) is 10.9. The van der Waals surface area contributed by atoms with Crippen LogP contribution in [0.5, 0.6) is 0 Å². The van der Waals surface area contributed by atoms with Crippen LogP contribution in [0.15, 0.2) is 0 Å². The summed E-state index contributed by atoms with van der Waals surface area (Å²) in [4.78, 5) is 22.1. The highest BCUT2D eigenvalue weighted by molar-refractivity contribution is 6.13. The van der Waals surface area contributed by atoms with Crippen molar-refractivity contribution >= 4 is 24.1 Å². The molecule has 0 aromatic rings. The van der Waals surface area contributed by atoms with Gasteiger partial charge in [-0.2, -0.15) is 0 Å². The third-order valence-electron chi connectivity index (χ3n) is 2.52. The number of piperazine rings is 1. The van der Waals surface area contributed by atoms with Gasteiger partial charge >= 0.3 is 0 Å². The minimum atomic E-state index is -0.0924. The molecule has 1 heterocycles. The van der Waals surface area contributed by atoms with Gasteiger partial charge in [-0.25, -0.2) is 9.43 Å². The largest absolute Gasteiger partial charge is 0.354 e. The highest BCUT2D eigenvalue weighted by Crippen LogP contribution is 2.12. The number of carbonyl (C=O) groups excluding carboxylic acids is 2. The molecule has 1 atom stereocenters. The number of hydrogen-bond acceptors (Lipinski definition) is 4. The Labute approximate surface area is 106 Å². The van der Waals surface area contributed by atoms with E-state index < -0.39 is 0 Å². The maximum atomic E-state index is 11.7. The molecule has 1 unspecified atom stereocenters. The predicted octanol–water partition coefficient (Wildman–Crippen LogP) is -0.298. The second-order valence-electron chi connectivity index (χ2n) is 4.39. The number of rotatable bonds is 5. The lowest BCUT2D eigenvalue weighted by Gasteiger charge is -2.37. The van der Waals surface area contributed by atoms with Crippen molar-refractivity contribution < 1.29 is 9.59 Å². The zero-order valence-electron chi connectivity index (χ0n) is 10.1. The molecule has 1 aliphatic heterocycles. The number of hydrogen-bond donors (Lipinski definition) is 2. The van der Waals surface area contributed by atoms with Crippen LogP contribution in [-0.4, -0.2) is 53.5 Å². The number of hydrazine groups is 1.